The van der Waals surface area contributed by atoms with Gasteiger partial charge in [0.05, 0.1) is 0 Å². The van der Waals surface area contributed by atoms with Gasteiger partial charge in [0.1, 0.15) is 11.6 Å². The van der Waals surface area contributed by atoms with Crippen molar-refractivity contribution in [2.45, 2.75) is 6.42 Å². The van der Waals surface area contributed by atoms with Crippen molar-refractivity contribution in [2.75, 3.05) is 50.0 Å². The SMILES string of the molecule is CN1CCN(c2ccc(N/C=C(/C#N)C(=O)NCCc3ccccc3)cc2)CC1. The van der Waals surface area contributed by atoms with Gasteiger partial charge in [-0.1, -0.05) is 30.3 Å². The molecule has 0 radical (unpaired) electrons. The second-order valence-corrected chi connectivity index (χ2v) is 7.14. The molecule has 1 fully saturated rings. The molecule has 0 aromatic heterocycles. The number of nitrogens with zero attached hydrogens (tertiary/aromatic N) is 3. The van der Waals surface area contributed by atoms with Gasteiger partial charge in [-0.25, -0.2) is 0 Å². The van der Waals surface area contributed by atoms with E-state index in [0.717, 1.165) is 43.9 Å². The first-order valence-electron chi connectivity index (χ1n) is 9.88. The Morgan fingerprint density at radius 2 is 1.76 bits per heavy atom. The molecule has 150 valence electrons. The summed E-state index contributed by atoms with van der Waals surface area (Å²) in [4.78, 5) is 16.9. The van der Waals surface area contributed by atoms with Gasteiger partial charge in [-0.2, -0.15) is 5.26 Å². The van der Waals surface area contributed by atoms with E-state index in [1.165, 1.54) is 11.9 Å². The molecule has 6 heteroatoms. The van der Waals surface area contributed by atoms with Crippen LogP contribution in [0.25, 0.3) is 0 Å². The maximum atomic E-state index is 12.2. The molecular formula is C23H27N5O. The predicted molar refractivity (Wildman–Crippen MR) is 117 cm³/mol. The smallest absolute Gasteiger partial charge is 0.263 e. The fourth-order valence-corrected chi connectivity index (χ4v) is 3.20. The Bertz CT molecular complexity index is 862. The molecule has 1 aliphatic heterocycles. The lowest BCUT2D eigenvalue weighted by Crippen LogP contribution is -2.44. The molecular weight excluding hydrogens is 362 g/mol. The van der Waals surface area contributed by atoms with Gasteiger partial charge in [-0.3, -0.25) is 4.79 Å². The van der Waals surface area contributed by atoms with Gasteiger partial charge in [0.2, 0.25) is 0 Å². The van der Waals surface area contributed by atoms with Gasteiger partial charge in [0.15, 0.2) is 0 Å². The van der Waals surface area contributed by atoms with E-state index in [2.05, 4.69) is 39.6 Å². The Kier molecular flexibility index (Phi) is 7.26. The summed E-state index contributed by atoms with van der Waals surface area (Å²) >= 11 is 0. The third-order valence-electron chi connectivity index (χ3n) is 5.03. The number of piperazine rings is 1. The van der Waals surface area contributed by atoms with Crippen LogP contribution in [-0.2, 0) is 11.2 Å². The molecule has 0 spiro atoms. The second-order valence-electron chi connectivity index (χ2n) is 7.14. The van der Waals surface area contributed by atoms with E-state index in [0.29, 0.717) is 6.54 Å². The van der Waals surface area contributed by atoms with Crippen molar-refractivity contribution >= 4 is 17.3 Å². The zero-order valence-electron chi connectivity index (χ0n) is 16.8. The zero-order valence-corrected chi connectivity index (χ0v) is 16.8. The molecule has 2 aromatic rings. The molecule has 6 nitrogen and oxygen atoms in total. The molecule has 0 aliphatic carbocycles. The Labute approximate surface area is 172 Å². The van der Waals surface area contributed by atoms with Gasteiger partial charge in [-0.15, -0.1) is 0 Å². The number of carbonyl (C=O) groups excluding carboxylic acids is 1. The molecule has 0 bridgehead atoms. The van der Waals surface area contributed by atoms with Crippen molar-refractivity contribution in [3.05, 3.63) is 71.9 Å². The summed E-state index contributed by atoms with van der Waals surface area (Å²) in [6.45, 7) is 4.65. The minimum absolute atomic E-state index is 0.0567. The molecule has 1 saturated heterocycles. The summed E-state index contributed by atoms with van der Waals surface area (Å²) in [5.74, 6) is -0.370. The van der Waals surface area contributed by atoms with Gasteiger partial charge >= 0.3 is 0 Å². The normalized spacial score (nSPS) is 14.9. The first-order chi connectivity index (χ1) is 14.2. The van der Waals surface area contributed by atoms with Crippen LogP contribution in [0.3, 0.4) is 0 Å². The van der Waals surface area contributed by atoms with Crippen LogP contribution < -0.4 is 15.5 Å². The largest absolute Gasteiger partial charge is 0.369 e. The molecule has 1 aliphatic rings. The van der Waals surface area contributed by atoms with E-state index in [1.807, 2.05) is 48.5 Å². The molecule has 0 unspecified atom stereocenters. The number of likely N-dealkylation sites (N-methyl/N-ethyl adjacent to an activating group) is 1. The summed E-state index contributed by atoms with van der Waals surface area (Å²) in [7, 11) is 2.14. The predicted octanol–water partition coefficient (Wildman–Crippen LogP) is 2.62. The van der Waals surface area contributed by atoms with E-state index in [9.17, 15) is 10.1 Å². The lowest BCUT2D eigenvalue weighted by atomic mass is 10.1. The van der Waals surface area contributed by atoms with Crippen LogP contribution in [0.2, 0.25) is 0 Å². The first kappa shape index (κ1) is 20.4. The zero-order chi connectivity index (χ0) is 20.5. The van der Waals surface area contributed by atoms with Gasteiger partial charge in [0, 0.05) is 50.3 Å². The Morgan fingerprint density at radius 1 is 1.07 bits per heavy atom. The van der Waals surface area contributed by atoms with Gasteiger partial charge in [-0.05, 0) is 43.3 Å². The van der Waals surface area contributed by atoms with Crippen LogP contribution in [0, 0.1) is 11.3 Å². The van der Waals surface area contributed by atoms with Crippen molar-refractivity contribution in [1.29, 1.82) is 5.26 Å². The number of nitrogens with one attached hydrogen (secondary N) is 2. The standard InChI is InChI=1S/C23H27N5O/c1-27-13-15-28(16-14-27)22-9-7-21(8-10-22)26-18-20(17-24)23(29)25-12-11-19-5-3-2-4-6-19/h2-10,18,26H,11-16H2,1H3,(H,25,29)/b20-18-. The molecule has 1 amide bonds. The molecule has 0 atom stereocenters. The van der Waals surface area contributed by atoms with Crippen molar-refractivity contribution in [3.63, 3.8) is 0 Å². The second kappa shape index (κ2) is 10.3. The van der Waals surface area contributed by atoms with Crippen molar-refractivity contribution in [1.82, 2.24) is 10.2 Å². The maximum absolute atomic E-state index is 12.2. The summed E-state index contributed by atoms with van der Waals surface area (Å²) < 4.78 is 0. The van der Waals surface area contributed by atoms with Crippen LogP contribution in [0.1, 0.15) is 5.56 Å². The number of amides is 1. The van der Waals surface area contributed by atoms with E-state index < -0.39 is 0 Å². The highest BCUT2D eigenvalue weighted by Gasteiger charge is 2.14. The highest BCUT2D eigenvalue weighted by atomic mass is 16.1. The van der Waals surface area contributed by atoms with E-state index in [-0.39, 0.29) is 11.5 Å². The lowest BCUT2D eigenvalue weighted by Gasteiger charge is -2.34. The van der Waals surface area contributed by atoms with Crippen LogP contribution in [0.15, 0.2) is 66.4 Å². The molecule has 2 N–H and O–H groups in total. The summed E-state index contributed by atoms with van der Waals surface area (Å²) in [5, 5.41) is 15.1. The molecule has 1 heterocycles. The molecule has 29 heavy (non-hydrogen) atoms. The van der Waals surface area contributed by atoms with Gasteiger partial charge < -0.3 is 20.4 Å². The molecule has 2 aromatic carbocycles. The Balaban J connectivity index is 1.50. The highest BCUT2D eigenvalue weighted by Crippen LogP contribution is 2.19. The maximum Gasteiger partial charge on any atom is 0.263 e. The minimum atomic E-state index is -0.370. The monoisotopic (exact) mass is 389 g/mol. The van der Waals surface area contributed by atoms with E-state index in [1.54, 1.807) is 0 Å². The summed E-state index contributed by atoms with van der Waals surface area (Å²) in [5.41, 5.74) is 3.23. The Hall–Kier alpha value is -3.30. The quantitative estimate of drug-likeness (QED) is 0.563. The number of anilines is 2. The van der Waals surface area contributed by atoms with Crippen LogP contribution >= 0.6 is 0 Å². The minimum Gasteiger partial charge on any atom is -0.369 e. The average molecular weight is 390 g/mol. The number of benzene rings is 2. The van der Waals surface area contributed by atoms with Crippen molar-refractivity contribution in [2.24, 2.45) is 0 Å². The van der Waals surface area contributed by atoms with Crippen LogP contribution in [0.5, 0.6) is 0 Å². The number of nitriles is 1. The van der Waals surface area contributed by atoms with Gasteiger partial charge in [0.25, 0.3) is 5.91 Å². The van der Waals surface area contributed by atoms with Crippen molar-refractivity contribution in [3.8, 4) is 6.07 Å². The molecule has 3 rings (SSSR count). The summed E-state index contributed by atoms with van der Waals surface area (Å²) in [6.07, 6.45) is 2.19. The fourth-order valence-electron chi connectivity index (χ4n) is 3.20. The Morgan fingerprint density at radius 3 is 2.41 bits per heavy atom. The average Bonchev–Trinajstić information content (AvgIpc) is 2.76. The lowest BCUT2D eigenvalue weighted by molar-refractivity contribution is -0.117. The van der Waals surface area contributed by atoms with Crippen LogP contribution in [0.4, 0.5) is 11.4 Å². The first-order valence-corrected chi connectivity index (χ1v) is 9.88. The number of hydrogen-bond donors (Lipinski definition) is 2. The number of carbonyl (C=O) groups is 1. The van der Waals surface area contributed by atoms with E-state index in [4.69, 9.17) is 0 Å². The fraction of sp³-hybridized carbons (Fsp3) is 0.304. The van der Waals surface area contributed by atoms with Crippen LogP contribution in [-0.4, -0.2) is 50.6 Å². The number of rotatable bonds is 7. The van der Waals surface area contributed by atoms with E-state index >= 15 is 0 Å². The topological polar surface area (TPSA) is 71.4 Å². The molecule has 0 saturated carbocycles. The number of hydrogen-bond acceptors (Lipinski definition) is 5. The summed E-state index contributed by atoms with van der Waals surface area (Å²) in [6, 6.07) is 19.9. The third kappa shape index (κ3) is 6.09. The third-order valence-corrected chi connectivity index (χ3v) is 5.03. The highest BCUT2D eigenvalue weighted by molar-refractivity contribution is 5.97. The van der Waals surface area contributed by atoms with Crippen molar-refractivity contribution < 1.29 is 4.79 Å².